The number of phenolic OH excluding ortho intramolecular Hbond substituents is 1. The fraction of sp³-hybridized carbons (Fsp3) is 0.464. The van der Waals surface area contributed by atoms with Crippen LogP contribution in [0.3, 0.4) is 0 Å². The molecule has 3 rings (SSSR count). The van der Waals surface area contributed by atoms with Crippen molar-refractivity contribution in [2.24, 2.45) is 5.92 Å². The minimum Gasteiger partial charge on any atom is -0.508 e. The summed E-state index contributed by atoms with van der Waals surface area (Å²) >= 11 is 6.38. The number of anilines is 1. The van der Waals surface area contributed by atoms with Gasteiger partial charge >= 0.3 is 6.09 Å². The molecule has 9 heteroatoms. The fourth-order valence-corrected chi connectivity index (χ4v) is 4.48. The first-order valence-electron chi connectivity index (χ1n) is 12.4. The molecule has 2 aromatic rings. The van der Waals surface area contributed by atoms with Crippen LogP contribution in [-0.4, -0.2) is 45.6 Å². The molecular weight excluding hydrogens is 494 g/mol. The normalized spacial score (nSPS) is 18.4. The predicted octanol–water partition coefficient (Wildman–Crippen LogP) is 5.49. The predicted molar refractivity (Wildman–Crippen MR) is 144 cm³/mol. The third kappa shape index (κ3) is 6.95. The first-order valence-corrected chi connectivity index (χ1v) is 12.7. The number of halogens is 1. The van der Waals surface area contributed by atoms with Crippen molar-refractivity contribution in [3.8, 4) is 5.75 Å². The van der Waals surface area contributed by atoms with Crippen molar-refractivity contribution in [2.45, 2.75) is 78.6 Å². The summed E-state index contributed by atoms with van der Waals surface area (Å²) in [5, 5.41) is 16.0. The summed E-state index contributed by atoms with van der Waals surface area (Å²) < 4.78 is 5.32. The van der Waals surface area contributed by atoms with Gasteiger partial charge in [0.1, 0.15) is 23.4 Å². The van der Waals surface area contributed by atoms with Crippen LogP contribution in [0.25, 0.3) is 0 Å². The summed E-state index contributed by atoms with van der Waals surface area (Å²) in [7, 11) is 0. The molecule has 3 N–H and O–H groups in total. The fourth-order valence-electron chi connectivity index (χ4n) is 4.21. The number of nitrogens with zero attached hydrogens (tertiary/aromatic N) is 1. The van der Waals surface area contributed by atoms with Gasteiger partial charge in [0.05, 0.1) is 10.7 Å². The van der Waals surface area contributed by atoms with Crippen LogP contribution in [-0.2, 0) is 14.3 Å². The highest BCUT2D eigenvalue weighted by atomic mass is 35.5. The van der Waals surface area contributed by atoms with Crippen LogP contribution in [0.1, 0.15) is 63.8 Å². The lowest BCUT2D eigenvalue weighted by molar-refractivity contribution is -0.141. The van der Waals surface area contributed by atoms with Crippen molar-refractivity contribution in [1.82, 2.24) is 10.2 Å². The lowest BCUT2D eigenvalue weighted by Crippen LogP contribution is -2.52. The number of aromatic hydroxyl groups is 1. The zero-order valence-corrected chi connectivity index (χ0v) is 23.1. The standard InChI is InChI=1S/C28H36ClN3O5/c1-15-9-8-10-20(29)23(15)31-25(34)24(19-11-12-22(33)17(3)13-19)32(21-14-16(21)2)26(35)18(4)30-27(36)37-28(5,6)7/h8-13,16,18,21,24,33H,14H2,1-7H3,(H,30,36)(H,31,34). The number of phenols is 1. The van der Waals surface area contributed by atoms with E-state index in [1.165, 1.54) is 6.07 Å². The highest BCUT2D eigenvalue weighted by molar-refractivity contribution is 6.34. The number of carbonyl (C=O) groups is 3. The number of ether oxygens (including phenoxy) is 1. The van der Waals surface area contributed by atoms with E-state index in [1.54, 1.807) is 63.8 Å². The summed E-state index contributed by atoms with van der Waals surface area (Å²) in [4.78, 5) is 41.7. The van der Waals surface area contributed by atoms with Gasteiger partial charge in [-0.25, -0.2) is 4.79 Å². The second-order valence-corrected chi connectivity index (χ2v) is 11.2. The lowest BCUT2D eigenvalue weighted by Gasteiger charge is -2.34. The Morgan fingerprint density at radius 3 is 2.32 bits per heavy atom. The topological polar surface area (TPSA) is 108 Å². The zero-order chi connectivity index (χ0) is 27.7. The van der Waals surface area contributed by atoms with Gasteiger partial charge < -0.3 is 25.4 Å². The van der Waals surface area contributed by atoms with E-state index < -0.39 is 35.6 Å². The number of amides is 3. The average molecular weight is 530 g/mol. The Morgan fingerprint density at radius 1 is 1.14 bits per heavy atom. The third-order valence-electron chi connectivity index (χ3n) is 6.32. The minimum atomic E-state index is -1.03. The maximum atomic E-state index is 13.9. The minimum absolute atomic E-state index is 0.0856. The highest BCUT2D eigenvalue weighted by Gasteiger charge is 2.47. The van der Waals surface area contributed by atoms with E-state index in [0.717, 1.165) is 12.0 Å². The van der Waals surface area contributed by atoms with Gasteiger partial charge in [-0.05, 0) is 88.8 Å². The van der Waals surface area contributed by atoms with Crippen LogP contribution >= 0.6 is 11.6 Å². The number of nitrogens with one attached hydrogen (secondary N) is 2. The molecule has 1 aliphatic carbocycles. The van der Waals surface area contributed by atoms with Crippen molar-refractivity contribution >= 4 is 35.2 Å². The highest BCUT2D eigenvalue weighted by Crippen LogP contribution is 2.42. The van der Waals surface area contributed by atoms with Gasteiger partial charge in [-0.3, -0.25) is 9.59 Å². The number of hydrogen-bond acceptors (Lipinski definition) is 5. The summed E-state index contributed by atoms with van der Waals surface area (Å²) in [5.74, 6) is -0.601. The molecule has 0 heterocycles. The van der Waals surface area contributed by atoms with Gasteiger partial charge in [0.25, 0.3) is 5.91 Å². The molecule has 0 aliphatic heterocycles. The molecule has 1 fully saturated rings. The van der Waals surface area contributed by atoms with Gasteiger partial charge in [0.15, 0.2) is 0 Å². The maximum absolute atomic E-state index is 13.9. The van der Waals surface area contributed by atoms with Gasteiger partial charge in [0.2, 0.25) is 5.91 Å². The molecule has 200 valence electrons. The lowest BCUT2D eigenvalue weighted by atomic mass is 9.99. The van der Waals surface area contributed by atoms with Crippen LogP contribution in [0.15, 0.2) is 36.4 Å². The van der Waals surface area contributed by atoms with E-state index in [0.29, 0.717) is 21.8 Å². The second-order valence-electron chi connectivity index (χ2n) is 10.8. The van der Waals surface area contributed by atoms with E-state index >= 15 is 0 Å². The molecule has 1 saturated carbocycles. The molecule has 2 aromatic carbocycles. The summed E-state index contributed by atoms with van der Waals surface area (Å²) in [5.41, 5.74) is 1.62. The van der Waals surface area contributed by atoms with E-state index in [9.17, 15) is 19.5 Å². The number of para-hydroxylation sites is 1. The van der Waals surface area contributed by atoms with Gasteiger partial charge in [-0.1, -0.05) is 36.7 Å². The van der Waals surface area contributed by atoms with E-state index in [-0.39, 0.29) is 17.7 Å². The Labute approximate surface area is 223 Å². The van der Waals surface area contributed by atoms with E-state index in [4.69, 9.17) is 16.3 Å². The molecule has 0 aromatic heterocycles. The Morgan fingerprint density at radius 2 is 1.78 bits per heavy atom. The number of carbonyl (C=O) groups excluding carboxylic acids is 3. The van der Waals surface area contributed by atoms with Crippen molar-refractivity contribution < 1.29 is 24.2 Å². The quantitative estimate of drug-likeness (QED) is 0.439. The Kier molecular flexibility index (Phi) is 8.42. The summed E-state index contributed by atoms with van der Waals surface area (Å²) in [6.07, 6.45) is 0.00181. The second kappa shape index (κ2) is 11.0. The monoisotopic (exact) mass is 529 g/mol. The van der Waals surface area contributed by atoms with E-state index in [1.807, 2.05) is 19.9 Å². The Bertz CT molecular complexity index is 1170. The van der Waals surface area contributed by atoms with Crippen LogP contribution < -0.4 is 10.6 Å². The molecule has 1 aliphatic rings. The molecule has 0 saturated heterocycles. The molecule has 4 unspecified atom stereocenters. The van der Waals surface area contributed by atoms with Gasteiger partial charge in [-0.2, -0.15) is 0 Å². The summed E-state index contributed by atoms with van der Waals surface area (Å²) in [6.45, 7) is 12.3. The number of benzene rings is 2. The maximum Gasteiger partial charge on any atom is 0.408 e. The molecule has 4 atom stereocenters. The molecule has 8 nitrogen and oxygen atoms in total. The van der Waals surface area contributed by atoms with Crippen LogP contribution in [0, 0.1) is 19.8 Å². The number of aryl methyl sites for hydroxylation is 2. The van der Waals surface area contributed by atoms with Crippen molar-refractivity contribution in [1.29, 1.82) is 0 Å². The smallest absolute Gasteiger partial charge is 0.408 e. The summed E-state index contributed by atoms with van der Waals surface area (Å²) in [6, 6.07) is 7.96. The molecule has 37 heavy (non-hydrogen) atoms. The third-order valence-corrected chi connectivity index (χ3v) is 6.63. The molecule has 3 amide bonds. The first kappa shape index (κ1) is 28.3. The number of rotatable bonds is 7. The number of alkyl carbamates (subject to hydrolysis) is 1. The molecule has 0 bridgehead atoms. The van der Waals surface area contributed by atoms with Gasteiger partial charge in [-0.15, -0.1) is 0 Å². The van der Waals surface area contributed by atoms with Gasteiger partial charge in [0, 0.05) is 6.04 Å². The van der Waals surface area contributed by atoms with E-state index in [2.05, 4.69) is 10.6 Å². The van der Waals surface area contributed by atoms with Crippen LogP contribution in [0.5, 0.6) is 5.75 Å². The average Bonchev–Trinajstić information content (AvgIpc) is 3.50. The molecule has 0 radical (unpaired) electrons. The molecule has 0 spiro atoms. The van der Waals surface area contributed by atoms with Crippen molar-refractivity contribution in [3.63, 3.8) is 0 Å². The largest absolute Gasteiger partial charge is 0.508 e. The number of hydrogen-bond donors (Lipinski definition) is 3. The zero-order valence-electron chi connectivity index (χ0n) is 22.4. The Hall–Kier alpha value is -3.26. The van der Waals surface area contributed by atoms with Crippen molar-refractivity contribution in [3.05, 3.63) is 58.1 Å². The van der Waals surface area contributed by atoms with Crippen LogP contribution in [0.2, 0.25) is 5.02 Å². The molecular formula is C28H36ClN3O5. The SMILES string of the molecule is Cc1cc(C(C(=O)Nc2c(C)cccc2Cl)N(C(=O)C(C)NC(=O)OC(C)(C)C)C2CC2C)ccc1O. The first-order chi connectivity index (χ1) is 17.2. The van der Waals surface area contributed by atoms with Crippen LogP contribution in [0.4, 0.5) is 10.5 Å². The Balaban J connectivity index is 2.01. The van der Waals surface area contributed by atoms with Crippen molar-refractivity contribution in [2.75, 3.05) is 5.32 Å².